The Bertz CT molecular complexity index is 461. The zero-order valence-corrected chi connectivity index (χ0v) is 11.2. The zero-order chi connectivity index (χ0) is 13.8. The van der Waals surface area contributed by atoms with Crippen LogP contribution in [0, 0.1) is 11.7 Å². The molecule has 104 valence electrons. The minimum absolute atomic E-state index is 0.0143. The van der Waals surface area contributed by atoms with Crippen LogP contribution < -0.4 is 5.32 Å². The Labute approximate surface area is 112 Å². The highest BCUT2D eigenvalue weighted by Gasteiger charge is 2.24. The summed E-state index contributed by atoms with van der Waals surface area (Å²) in [6.07, 6.45) is 5.72. The maximum absolute atomic E-state index is 13.1. The molecule has 2 rings (SSSR count). The van der Waals surface area contributed by atoms with Gasteiger partial charge in [-0.1, -0.05) is 26.2 Å². The molecule has 1 aliphatic carbocycles. The van der Waals surface area contributed by atoms with Gasteiger partial charge in [0.05, 0.1) is 5.56 Å². The molecule has 1 fully saturated rings. The Hall–Kier alpha value is -1.58. The molecular weight excluding hydrogens is 245 g/mol. The second-order valence-corrected chi connectivity index (χ2v) is 5.20. The summed E-state index contributed by atoms with van der Waals surface area (Å²) in [5.41, 5.74) is 0.541. The van der Waals surface area contributed by atoms with E-state index in [1.54, 1.807) is 0 Å². The van der Waals surface area contributed by atoms with Crippen LogP contribution in [0.25, 0.3) is 0 Å². The summed E-state index contributed by atoms with van der Waals surface area (Å²) < 4.78 is 13.1. The van der Waals surface area contributed by atoms with Gasteiger partial charge in [0.25, 0.3) is 0 Å². The number of nitrogens with one attached hydrogen (secondary N) is 1. The van der Waals surface area contributed by atoms with Crippen molar-refractivity contribution in [2.75, 3.05) is 5.32 Å². The predicted octanol–water partition coefficient (Wildman–Crippen LogP) is 3.90. The van der Waals surface area contributed by atoms with Gasteiger partial charge >= 0.3 is 5.97 Å². The van der Waals surface area contributed by atoms with E-state index in [2.05, 4.69) is 12.2 Å². The molecule has 1 aromatic rings. The summed E-state index contributed by atoms with van der Waals surface area (Å²) in [6, 6.07) is 4.20. The maximum atomic E-state index is 13.1. The molecule has 0 heterocycles. The van der Waals surface area contributed by atoms with E-state index >= 15 is 0 Å². The first-order valence-electron chi connectivity index (χ1n) is 6.91. The van der Waals surface area contributed by atoms with Gasteiger partial charge in [-0.2, -0.15) is 0 Å². The number of benzene rings is 1. The molecule has 1 aromatic carbocycles. The number of carbonyl (C=O) groups is 1. The molecule has 1 saturated carbocycles. The topological polar surface area (TPSA) is 49.3 Å². The first kappa shape index (κ1) is 13.8. The number of rotatable bonds is 4. The van der Waals surface area contributed by atoms with Gasteiger partial charge in [-0.05, 0) is 37.0 Å². The van der Waals surface area contributed by atoms with Crippen LogP contribution >= 0.6 is 0 Å². The van der Waals surface area contributed by atoms with Crippen molar-refractivity contribution in [1.29, 1.82) is 0 Å². The number of carboxylic acid groups (broad SMARTS) is 1. The standard InChI is InChI=1S/C15H20FNO2/c1-2-10-5-3-4-6-13(10)17-14-8-7-11(16)9-12(14)15(18)19/h7-10,13,17H,2-6H2,1H3,(H,18,19). The number of anilines is 1. The fourth-order valence-corrected chi connectivity index (χ4v) is 2.91. The van der Waals surface area contributed by atoms with Crippen molar-refractivity contribution in [2.45, 2.75) is 45.1 Å². The molecule has 0 spiro atoms. The number of hydrogen-bond donors (Lipinski definition) is 2. The zero-order valence-electron chi connectivity index (χ0n) is 11.2. The minimum Gasteiger partial charge on any atom is -0.478 e. The summed E-state index contributed by atoms with van der Waals surface area (Å²) in [5.74, 6) is -1.04. The molecule has 2 N–H and O–H groups in total. The smallest absolute Gasteiger partial charge is 0.337 e. The average molecular weight is 265 g/mol. The molecular formula is C15H20FNO2. The van der Waals surface area contributed by atoms with Gasteiger partial charge in [-0.25, -0.2) is 9.18 Å². The van der Waals surface area contributed by atoms with Crippen molar-refractivity contribution >= 4 is 11.7 Å². The maximum Gasteiger partial charge on any atom is 0.337 e. The van der Waals surface area contributed by atoms with Crippen LogP contribution in [0.3, 0.4) is 0 Å². The molecule has 0 aromatic heterocycles. The van der Waals surface area contributed by atoms with E-state index < -0.39 is 11.8 Å². The van der Waals surface area contributed by atoms with Crippen LogP contribution in [0.15, 0.2) is 18.2 Å². The molecule has 2 unspecified atom stereocenters. The number of hydrogen-bond acceptors (Lipinski definition) is 2. The Morgan fingerprint density at radius 1 is 1.42 bits per heavy atom. The summed E-state index contributed by atoms with van der Waals surface area (Å²) in [4.78, 5) is 11.2. The van der Waals surface area contributed by atoms with Crippen LogP contribution in [0.2, 0.25) is 0 Å². The van der Waals surface area contributed by atoms with Crippen LogP contribution in [0.4, 0.5) is 10.1 Å². The average Bonchev–Trinajstić information content (AvgIpc) is 2.41. The van der Waals surface area contributed by atoms with Crippen molar-refractivity contribution in [3.63, 3.8) is 0 Å². The van der Waals surface area contributed by atoms with Gasteiger partial charge in [0.1, 0.15) is 5.82 Å². The lowest BCUT2D eigenvalue weighted by Gasteiger charge is -2.32. The highest BCUT2D eigenvalue weighted by Crippen LogP contribution is 2.30. The van der Waals surface area contributed by atoms with Crippen LogP contribution in [0.1, 0.15) is 49.4 Å². The molecule has 0 bridgehead atoms. The predicted molar refractivity (Wildman–Crippen MR) is 73.0 cm³/mol. The van der Waals surface area contributed by atoms with E-state index in [4.69, 9.17) is 5.11 Å². The largest absolute Gasteiger partial charge is 0.478 e. The molecule has 0 saturated heterocycles. The number of carboxylic acids is 1. The third kappa shape index (κ3) is 3.25. The Kier molecular flexibility index (Phi) is 4.40. The molecule has 0 radical (unpaired) electrons. The van der Waals surface area contributed by atoms with E-state index in [0.29, 0.717) is 17.6 Å². The Morgan fingerprint density at radius 2 is 2.16 bits per heavy atom. The van der Waals surface area contributed by atoms with Crippen molar-refractivity contribution < 1.29 is 14.3 Å². The Morgan fingerprint density at radius 3 is 2.84 bits per heavy atom. The van der Waals surface area contributed by atoms with Gasteiger partial charge in [0.2, 0.25) is 0 Å². The Balaban J connectivity index is 2.20. The molecule has 2 atom stereocenters. The monoisotopic (exact) mass is 265 g/mol. The summed E-state index contributed by atoms with van der Waals surface area (Å²) in [6.45, 7) is 2.16. The second kappa shape index (κ2) is 6.04. The van der Waals surface area contributed by atoms with Crippen molar-refractivity contribution in [3.8, 4) is 0 Å². The summed E-state index contributed by atoms with van der Waals surface area (Å²) in [7, 11) is 0. The second-order valence-electron chi connectivity index (χ2n) is 5.20. The third-order valence-corrected chi connectivity index (χ3v) is 3.99. The normalized spacial score (nSPS) is 23.1. The fraction of sp³-hybridized carbons (Fsp3) is 0.533. The summed E-state index contributed by atoms with van der Waals surface area (Å²) >= 11 is 0. The van der Waals surface area contributed by atoms with Gasteiger partial charge in [-0.15, -0.1) is 0 Å². The first-order chi connectivity index (χ1) is 9.11. The van der Waals surface area contributed by atoms with Gasteiger partial charge in [-0.3, -0.25) is 0 Å². The van der Waals surface area contributed by atoms with E-state index in [0.717, 1.165) is 25.3 Å². The van der Waals surface area contributed by atoms with Gasteiger partial charge < -0.3 is 10.4 Å². The lowest BCUT2D eigenvalue weighted by atomic mass is 9.82. The number of aromatic carboxylic acids is 1. The van der Waals surface area contributed by atoms with Crippen molar-refractivity contribution in [2.24, 2.45) is 5.92 Å². The lowest BCUT2D eigenvalue weighted by molar-refractivity contribution is 0.0697. The van der Waals surface area contributed by atoms with E-state index in [1.807, 2.05) is 0 Å². The lowest BCUT2D eigenvalue weighted by Crippen LogP contribution is -2.32. The quantitative estimate of drug-likeness (QED) is 0.868. The van der Waals surface area contributed by atoms with E-state index in [1.165, 1.54) is 25.0 Å². The van der Waals surface area contributed by atoms with Gasteiger partial charge in [0.15, 0.2) is 0 Å². The molecule has 1 aliphatic rings. The molecule has 4 heteroatoms. The fourth-order valence-electron chi connectivity index (χ4n) is 2.91. The molecule has 0 amide bonds. The van der Waals surface area contributed by atoms with Crippen molar-refractivity contribution in [1.82, 2.24) is 0 Å². The van der Waals surface area contributed by atoms with E-state index in [-0.39, 0.29) is 5.56 Å². The van der Waals surface area contributed by atoms with Crippen LogP contribution in [-0.4, -0.2) is 17.1 Å². The summed E-state index contributed by atoms with van der Waals surface area (Å²) in [5, 5.41) is 12.4. The van der Waals surface area contributed by atoms with Gasteiger partial charge in [0, 0.05) is 11.7 Å². The molecule has 3 nitrogen and oxygen atoms in total. The van der Waals surface area contributed by atoms with E-state index in [9.17, 15) is 9.18 Å². The number of halogens is 1. The molecule has 0 aliphatic heterocycles. The SMILES string of the molecule is CCC1CCCCC1Nc1ccc(F)cc1C(=O)O. The highest BCUT2D eigenvalue weighted by molar-refractivity contribution is 5.94. The minimum atomic E-state index is -1.09. The van der Waals surface area contributed by atoms with Crippen molar-refractivity contribution in [3.05, 3.63) is 29.6 Å². The first-order valence-corrected chi connectivity index (χ1v) is 6.91. The van der Waals surface area contributed by atoms with Crippen LogP contribution in [-0.2, 0) is 0 Å². The highest BCUT2D eigenvalue weighted by atomic mass is 19.1. The third-order valence-electron chi connectivity index (χ3n) is 3.99. The molecule has 19 heavy (non-hydrogen) atoms. The van der Waals surface area contributed by atoms with Crippen LogP contribution in [0.5, 0.6) is 0 Å².